The van der Waals surface area contributed by atoms with Crippen molar-refractivity contribution >= 4 is 38.6 Å². The van der Waals surface area contributed by atoms with Gasteiger partial charge in [0.05, 0.1) is 21.4 Å². The fourth-order valence-electron chi connectivity index (χ4n) is 1.85. The smallest absolute Gasteiger partial charge is 0.311 e. The summed E-state index contributed by atoms with van der Waals surface area (Å²) in [6.45, 7) is 0. The minimum Gasteiger partial charge on any atom is -0.502 e. The molecule has 0 aliphatic heterocycles. The monoisotopic (exact) mass is 314 g/mol. The number of rotatable bonds is 4. The van der Waals surface area contributed by atoms with Gasteiger partial charge in [-0.3, -0.25) is 15.5 Å². The standard InChI is InChI=1S/C14H10N4O3S/c19-12-6-5-9(7-11(12)18(20)21)8-15-17-14-16-10-3-1-2-4-13(10)22-14/h1-8,19H,(H,16,17). The molecule has 1 aromatic heterocycles. The second-order valence-corrected chi connectivity index (χ2v) is 5.39. The Kier molecular flexibility index (Phi) is 3.67. The molecule has 2 aromatic carbocycles. The highest BCUT2D eigenvalue weighted by Crippen LogP contribution is 2.26. The van der Waals surface area contributed by atoms with E-state index < -0.39 is 4.92 Å². The molecule has 8 heteroatoms. The van der Waals surface area contributed by atoms with Gasteiger partial charge >= 0.3 is 5.69 Å². The van der Waals surface area contributed by atoms with E-state index in [0.29, 0.717) is 10.7 Å². The molecule has 22 heavy (non-hydrogen) atoms. The third kappa shape index (κ3) is 2.86. The molecule has 0 saturated carbocycles. The predicted molar refractivity (Wildman–Crippen MR) is 85.6 cm³/mol. The van der Waals surface area contributed by atoms with Crippen molar-refractivity contribution < 1.29 is 10.0 Å². The summed E-state index contributed by atoms with van der Waals surface area (Å²) in [6.07, 6.45) is 1.43. The molecule has 0 aliphatic rings. The molecule has 0 atom stereocenters. The van der Waals surface area contributed by atoms with Gasteiger partial charge in [-0.15, -0.1) is 0 Å². The van der Waals surface area contributed by atoms with Crippen LogP contribution in [0.1, 0.15) is 5.56 Å². The number of hydrogen-bond donors (Lipinski definition) is 2. The molecule has 0 saturated heterocycles. The van der Waals surface area contributed by atoms with Gasteiger partial charge in [0.15, 0.2) is 5.75 Å². The van der Waals surface area contributed by atoms with Crippen LogP contribution in [0.5, 0.6) is 5.75 Å². The van der Waals surface area contributed by atoms with Crippen LogP contribution in [0.15, 0.2) is 47.6 Å². The van der Waals surface area contributed by atoms with Crippen LogP contribution < -0.4 is 5.43 Å². The maximum Gasteiger partial charge on any atom is 0.311 e. The van der Waals surface area contributed by atoms with Crippen LogP contribution in [0.4, 0.5) is 10.8 Å². The van der Waals surface area contributed by atoms with E-state index in [4.69, 9.17) is 0 Å². The second-order valence-electron chi connectivity index (χ2n) is 4.36. The Hall–Kier alpha value is -3.00. The Balaban J connectivity index is 1.77. The first-order valence-corrected chi connectivity index (χ1v) is 7.07. The zero-order valence-electron chi connectivity index (χ0n) is 11.1. The molecule has 3 rings (SSSR count). The highest BCUT2D eigenvalue weighted by Gasteiger charge is 2.12. The summed E-state index contributed by atoms with van der Waals surface area (Å²) >= 11 is 1.46. The third-order valence-corrected chi connectivity index (χ3v) is 3.80. The lowest BCUT2D eigenvalue weighted by Crippen LogP contribution is -1.93. The topological polar surface area (TPSA) is 101 Å². The summed E-state index contributed by atoms with van der Waals surface area (Å²) in [7, 11) is 0. The normalized spacial score (nSPS) is 11.1. The molecule has 0 radical (unpaired) electrons. The molecule has 7 nitrogen and oxygen atoms in total. The Morgan fingerprint density at radius 3 is 2.91 bits per heavy atom. The highest BCUT2D eigenvalue weighted by molar-refractivity contribution is 7.22. The van der Waals surface area contributed by atoms with Crippen molar-refractivity contribution in [1.82, 2.24) is 4.98 Å². The van der Waals surface area contributed by atoms with E-state index in [-0.39, 0.29) is 11.4 Å². The van der Waals surface area contributed by atoms with Gasteiger partial charge in [0.25, 0.3) is 0 Å². The molecule has 0 aliphatic carbocycles. The van der Waals surface area contributed by atoms with E-state index in [9.17, 15) is 15.2 Å². The van der Waals surface area contributed by atoms with Crippen LogP contribution in [-0.4, -0.2) is 21.2 Å². The van der Waals surface area contributed by atoms with Crippen LogP contribution in [0.3, 0.4) is 0 Å². The van der Waals surface area contributed by atoms with E-state index in [1.54, 1.807) is 0 Å². The number of nitrogens with zero attached hydrogens (tertiary/aromatic N) is 3. The first-order valence-electron chi connectivity index (χ1n) is 6.25. The SMILES string of the molecule is O=[N+]([O-])c1cc(C=NNc2nc3ccccc3s2)ccc1O. The van der Waals surface area contributed by atoms with E-state index in [1.807, 2.05) is 24.3 Å². The Bertz CT molecular complexity index is 842. The summed E-state index contributed by atoms with van der Waals surface area (Å²) in [6, 6.07) is 11.8. The maximum absolute atomic E-state index is 10.7. The van der Waals surface area contributed by atoms with Gasteiger partial charge in [-0.1, -0.05) is 23.5 Å². The molecule has 1 heterocycles. The number of phenolic OH excluding ortho intramolecular Hbond substituents is 1. The number of fused-ring (bicyclic) bond motifs is 1. The lowest BCUT2D eigenvalue weighted by molar-refractivity contribution is -0.385. The Labute approximate surface area is 128 Å². The molecule has 0 bridgehead atoms. The van der Waals surface area contributed by atoms with Crippen molar-refractivity contribution in [3.8, 4) is 5.75 Å². The van der Waals surface area contributed by atoms with Crippen LogP contribution in [0.25, 0.3) is 10.2 Å². The molecule has 3 aromatic rings. The number of hydrogen-bond acceptors (Lipinski definition) is 7. The molecular formula is C14H10N4O3S. The number of phenols is 1. The van der Waals surface area contributed by atoms with Crippen LogP contribution >= 0.6 is 11.3 Å². The average molecular weight is 314 g/mol. The van der Waals surface area contributed by atoms with Gasteiger partial charge in [0.2, 0.25) is 5.13 Å². The van der Waals surface area contributed by atoms with Gasteiger partial charge in [-0.2, -0.15) is 5.10 Å². The van der Waals surface area contributed by atoms with Crippen molar-refractivity contribution in [3.63, 3.8) is 0 Å². The summed E-state index contributed by atoms with van der Waals surface area (Å²) < 4.78 is 1.04. The first-order chi connectivity index (χ1) is 10.6. The van der Waals surface area contributed by atoms with Gasteiger partial charge < -0.3 is 5.11 Å². The van der Waals surface area contributed by atoms with Crippen molar-refractivity contribution in [2.24, 2.45) is 5.10 Å². The molecule has 0 unspecified atom stereocenters. The zero-order chi connectivity index (χ0) is 15.5. The number of aromatic hydroxyl groups is 1. The average Bonchev–Trinajstić information content (AvgIpc) is 2.91. The number of anilines is 1. The molecule has 110 valence electrons. The number of benzene rings is 2. The minimum absolute atomic E-state index is 0.357. The number of aromatic nitrogens is 1. The lowest BCUT2D eigenvalue weighted by Gasteiger charge is -1.97. The summed E-state index contributed by atoms with van der Waals surface area (Å²) in [4.78, 5) is 14.4. The van der Waals surface area contributed by atoms with Crippen molar-refractivity contribution in [1.29, 1.82) is 0 Å². The number of nitro benzene ring substituents is 1. The number of thiazole rings is 1. The zero-order valence-corrected chi connectivity index (χ0v) is 11.9. The number of hydrazone groups is 1. The van der Waals surface area contributed by atoms with Crippen LogP contribution in [0.2, 0.25) is 0 Å². The van der Waals surface area contributed by atoms with Crippen molar-refractivity contribution in [3.05, 3.63) is 58.1 Å². The second kappa shape index (κ2) is 5.78. The third-order valence-electron chi connectivity index (χ3n) is 2.86. The molecule has 0 amide bonds. The predicted octanol–water partition coefficient (Wildman–Crippen LogP) is 3.36. The van der Waals surface area contributed by atoms with Crippen LogP contribution in [0, 0.1) is 10.1 Å². The van der Waals surface area contributed by atoms with E-state index in [0.717, 1.165) is 10.2 Å². The molecule has 0 fully saturated rings. The van der Waals surface area contributed by atoms with Gasteiger partial charge in [-0.25, -0.2) is 4.98 Å². The largest absolute Gasteiger partial charge is 0.502 e. The van der Waals surface area contributed by atoms with Crippen molar-refractivity contribution in [2.75, 3.05) is 5.43 Å². The lowest BCUT2D eigenvalue weighted by atomic mass is 10.2. The van der Waals surface area contributed by atoms with Crippen molar-refractivity contribution in [2.45, 2.75) is 0 Å². The quantitative estimate of drug-likeness (QED) is 0.437. The first kappa shape index (κ1) is 14.0. The van der Waals surface area contributed by atoms with Crippen LogP contribution in [-0.2, 0) is 0 Å². The fraction of sp³-hybridized carbons (Fsp3) is 0. The number of para-hydroxylation sites is 1. The van der Waals surface area contributed by atoms with Gasteiger partial charge in [0.1, 0.15) is 0 Å². The summed E-state index contributed by atoms with van der Waals surface area (Å²) in [5.41, 5.74) is 3.81. The fourth-order valence-corrected chi connectivity index (χ4v) is 2.66. The number of nitro groups is 1. The van der Waals surface area contributed by atoms with E-state index >= 15 is 0 Å². The van der Waals surface area contributed by atoms with E-state index in [2.05, 4.69) is 15.5 Å². The highest BCUT2D eigenvalue weighted by atomic mass is 32.1. The molecule has 2 N–H and O–H groups in total. The number of nitrogens with one attached hydrogen (secondary N) is 1. The summed E-state index contributed by atoms with van der Waals surface area (Å²) in [5, 5.41) is 24.8. The van der Waals surface area contributed by atoms with Gasteiger partial charge in [-0.05, 0) is 24.3 Å². The van der Waals surface area contributed by atoms with E-state index in [1.165, 1.54) is 35.8 Å². The Morgan fingerprint density at radius 2 is 2.14 bits per heavy atom. The molecular weight excluding hydrogens is 304 g/mol. The molecule has 0 spiro atoms. The Morgan fingerprint density at radius 1 is 1.32 bits per heavy atom. The summed E-state index contributed by atoms with van der Waals surface area (Å²) in [5.74, 6) is -0.374. The minimum atomic E-state index is -0.645. The maximum atomic E-state index is 10.7. The van der Waals surface area contributed by atoms with Gasteiger partial charge in [0, 0.05) is 11.6 Å².